The number of aromatic amines is 1. The smallest absolute Gasteiger partial charge is 0.310 e. The van der Waals surface area contributed by atoms with Crippen molar-refractivity contribution in [1.82, 2.24) is 9.55 Å². The summed E-state index contributed by atoms with van der Waals surface area (Å²) in [5.74, 6) is -0.960. The first-order valence-electron chi connectivity index (χ1n) is 13.8. The number of aryl methyl sites for hydroxylation is 1. The Morgan fingerprint density at radius 1 is 0.929 bits per heavy atom. The van der Waals surface area contributed by atoms with Gasteiger partial charge in [-0.3, -0.25) is 9.59 Å². The Hall–Kier alpha value is -4.62. The molecule has 0 radical (unpaired) electrons. The molecule has 0 aliphatic carbocycles. The zero-order valence-corrected chi connectivity index (χ0v) is 24.6. The van der Waals surface area contributed by atoms with Crippen LogP contribution in [-0.4, -0.2) is 27.2 Å². The van der Waals surface area contributed by atoms with E-state index in [2.05, 4.69) is 20.9 Å². The summed E-state index contributed by atoms with van der Waals surface area (Å²) in [6.45, 7) is 0.174. The highest BCUT2D eigenvalue weighted by Crippen LogP contribution is 2.41. The third-order valence-electron chi connectivity index (χ3n) is 7.72. The van der Waals surface area contributed by atoms with Gasteiger partial charge in [0, 0.05) is 39.9 Å². The number of ether oxygens (including phenoxy) is 1. The number of pyridine rings is 1. The standard InChI is InChI=1S/C35H29BrN2O4/c1-38-29-17-8-6-15-27(29)34(40)32(35(38)41)31(23-12-9-13-24(36)21-23)33-26(25-14-5-7-16-28(25)37-33)18-19-42-30(39)20-22-10-3-2-4-11-22/h2-17,21,31,37,40H,18-20H2,1H3. The summed E-state index contributed by atoms with van der Waals surface area (Å²) in [7, 11) is 1.73. The van der Waals surface area contributed by atoms with Crippen molar-refractivity contribution in [1.29, 1.82) is 0 Å². The Balaban J connectivity index is 1.47. The van der Waals surface area contributed by atoms with E-state index < -0.39 is 5.92 Å². The molecular formula is C35H29BrN2O4. The fraction of sp³-hybridized carbons (Fsp3) is 0.143. The second-order valence-corrected chi connectivity index (χ2v) is 11.2. The van der Waals surface area contributed by atoms with Crippen molar-refractivity contribution in [2.24, 2.45) is 7.05 Å². The highest BCUT2D eigenvalue weighted by Gasteiger charge is 2.30. The summed E-state index contributed by atoms with van der Waals surface area (Å²) < 4.78 is 8.12. The Kier molecular flexibility index (Phi) is 7.68. The van der Waals surface area contributed by atoms with Crippen LogP contribution in [0.15, 0.2) is 112 Å². The SMILES string of the molecule is Cn1c(=O)c(C(c2cccc(Br)c2)c2[nH]c3ccccc3c2CCOC(=O)Cc2ccccc2)c(O)c2ccccc21. The third kappa shape index (κ3) is 5.23. The summed E-state index contributed by atoms with van der Waals surface area (Å²) >= 11 is 3.59. The van der Waals surface area contributed by atoms with Gasteiger partial charge in [-0.2, -0.15) is 0 Å². The minimum absolute atomic E-state index is 0.0439. The van der Waals surface area contributed by atoms with E-state index >= 15 is 0 Å². The Bertz CT molecular complexity index is 1980. The third-order valence-corrected chi connectivity index (χ3v) is 8.22. The van der Waals surface area contributed by atoms with Gasteiger partial charge < -0.3 is 19.4 Å². The molecule has 6 rings (SSSR count). The molecule has 0 saturated heterocycles. The van der Waals surface area contributed by atoms with Crippen molar-refractivity contribution in [3.8, 4) is 5.75 Å². The number of nitrogens with one attached hydrogen (secondary N) is 1. The van der Waals surface area contributed by atoms with Crippen LogP contribution in [0.3, 0.4) is 0 Å². The molecule has 0 bridgehead atoms. The normalized spacial score (nSPS) is 12.0. The predicted molar refractivity (Wildman–Crippen MR) is 169 cm³/mol. The largest absolute Gasteiger partial charge is 0.507 e. The van der Waals surface area contributed by atoms with Gasteiger partial charge in [-0.15, -0.1) is 0 Å². The maximum atomic E-state index is 14.0. The van der Waals surface area contributed by atoms with E-state index in [9.17, 15) is 14.7 Å². The maximum Gasteiger partial charge on any atom is 0.310 e. The summed E-state index contributed by atoms with van der Waals surface area (Å²) in [5.41, 5.74) is 4.98. The summed E-state index contributed by atoms with van der Waals surface area (Å²) in [6, 6.07) is 32.6. The monoisotopic (exact) mass is 620 g/mol. The van der Waals surface area contributed by atoms with E-state index in [0.717, 1.165) is 37.8 Å². The molecule has 6 nitrogen and oxygen atoms in total. The van der Waals surface area contributed by atoms with Crippen molar-refractivity contribution in [2.45, 2.75) is 18.8 Å². The van der Waals surface area contributed by atoms with Gasteiger partial charge in [0.2, 0.25) is 0 Å². The molecule has 2 heterocycles. The van der Waals surface area contributed by atoms with Crippen LogP contribution in [0.4, 0.5) is 0 Å². The fourth-order valence-corrected chi connectivity index (χ4v) is 6.16. The van der Waals surface area contributed by atoms with Crippen molar-refractivity contribution in [3.05, 3.63) is 146 Å². The number of benzene rings is 4. The number of fused-ring (bicyclic) bond motifs is 2. The number of para-hydroxylation sites is 2. The molecule has 6 aromatic rings. The molecule has 4 aromatic carbocycles. The molecule has 42 heavy (non-hydrogen) atoms. The van der Waals surface area contributed by atoms with Crippen molar-refractivity contribution >= 4 is 43.7 Å². The van der Waals surface area contributed by atoms with Crippen LogP contribution >= 0.6 is 15.9 Å². The minimum atomic E-state index is -0.617. The van der Waals surface area contributed by atoms with Crippen LogP contribution in [0.25, 0.3) is 21.8 Å². The van der Waals surface area contributed by atoms with E-state index in [1.807, 2.05) is 103 Å². The fourth-order valence-electron chi connectivity index (χ4n) is 5.74. The highest BCUT2D eigenvalue weighted by atomic mass is 79.9. The Morgan fingerprint density at radius 2 is 1.64 bits per heavy atom. The van der Waals surface area contributed by atoms with Gasteiger partial charge >= 0.3 is 5.97 Å². The number of esters is 1. The van der Waals surface area contributed by atoms with E-state index in [0.29, 0.717) is 17.3 Å². The van der Waals surface area contributed by atoms with E-state index in [1.165, 1.54) is 0 Å². The zero-order valence-electron chi connectivity index (χ0n) is 23.0. The van der Waals surface area contributed by atoms with E-state index in [-0.39, 0.29) is 35.9 Å². The number of hydrogen-bond acceptors (Lipinski definition) is 4. The number of carbonyl (C=O) groups is 1. The summed E-state index contributed by atoms with van der Waals surface area (Å²) in [5, 5.41) is 13.2. The Labute approximate surface area is 251 Å². The van der Waals surface area contributed by atoms with Gasteiger partial charge in [0.1, 0.15) is 5.75 Å². The molecule has 0 fully saturated rings. The lowest BCUT2D eigenvalue weighted by atomic mass is 9.85. The summed E-state index contributed by atoms with van der Waals surface area (Å²) in [4.78, 5) is 30.2. The van der Waals surface area contributed by atoms with Gasteiger partial charge in [-0.25, -0.2) is 0 Å². The second kappa shape index (κ2) is 11.7. The number of H-pyrrole nitrogens is 1. The quantitative estimate of drug-likeness (QED) is 0.180. The molecule has 7 heteroatoms. The number of rotatable bonds is 8. The van der Waals surface area contributed by atoms with Crippen LogP contribution in [-0.2, 0) is 29.4 Å². The first kappa shape index (κ1) is 27.5. The molecule has 0 aliphatic heterocycles. The first-order valence-corrected chi connectivity index (χ1v) is 14.6. The van der Waals surface area contributed by atoms with Gasteiger partial charge in [0.25, 0.3) is 5.56 Å². The van der Waals surface area contributed by atoms with Crippen LogP contribution in [0.1, 0.15) is 33.9 Å². The molecule has 210 valence electrons. The van der Waals surface area contributed by atoms with Crippen LogP contribution in [0.5, 0.6) is 5.75 Å². The molecule has 2 N–H and O–H groups in total. The summed E-state index contributed by atoms with van der Waals surface area (Å²) in [6.07, 6.45) is 0.627. The molecule has 1 unspecified atom stereocenters. The first-order chi connectivity index (χ1) is 20.4. The van der Waals surface area contributed by atoms with Crippen LogP contribution in [0, 0.1) is 0 Å². The second-order valence-electron chi connectivity index (χ2n) is 10.3. The number of aromatic hydroxyl groups is 1. The number of nitrogens with zero attached hydrogens (tertiary/aromatic N) is 1. The van der Waals surface area contributed by atoms with Gasteiger partial charge in [0.05, 0.1) is 30.0 Å². The van der Waals surface area contributed by atoms with E-state index in [4.69, 9.17) is 4.74 Å². The van der Waals surface area contributed by atoms with Gasteiger partial charge in [-0.1, -0.05) is 88.7 Å². The number of aromatic nitrogens is 2. The molecule has 0 aliphatic rings. The van der Waals surface area contributed by atoms with E-state index in [1.54, 1.807) is 11.6 Å². The molecule has 0 amide bonds. The zero-order chi connectivity index (χ0) is 29.2. The van der Waals surface area contributed by atoms with Crippen molar-refractivity contribution < 1.29 is 14.6 Å². The number of halogens is 1. The maximum absolute atomic E-state index is 14.0. The van der Waals surface area contributed by atoms with Crippen molar-refractivity contribution in [3.63, 3.8) is 0 Å². The van der Waals surface area contributed by atoms with Gasteiger partial charge in [-0.05, 0) is 47.0 Å². The lowest BCUT2D eigenvalue weighted by Gasteiger charge is -2.22. The predicted octanol–water partition coefficient (Wildman–Crippen LogP) is 7.00. The number of carbonyl (C=O) groups excluding carboxylic acids is 1. The lowest BCUT2D eigenvalue weighted by Crippen LogP contribution is -2.25. The molecule has 0 spiro atoms. The van der Waals surface area contributed by atoms with Crippen LogP contribution < -0.4 is 5.56 Å². The highest BCUT2D eigenvalue weighted by molar-refractivity contribution is 9.10. The topological polar surface area (TPSA) is 84.3 Å². The average molecular weight is 622 g/mol. The lowest BCUT2D eigenvalue weighted by molar-refractivity contribution is -0.142. The van der Waals surface area contributed by atoms with Gasteiger partial charge in [0.15, 0.2) is 0 Å². The molecule has 0 saturated carbocycles. The molecular weight excluding hydrogens is 592 g/mol. The van der Waals surface area contributed by atoms with Crippen LogP contribution in [0.2, 0.25) is 0 Å². The number of hydrogen-bond donors (Lipinski definition) is 2. The minimum Gasteiger partial charge on any atom is -0.507 e. The van der Waals surface area contributed by atoms with Crippen molar-refractivity contribution in [2.75, 3.05) is 6.61 Å². The molecule has 2 aromatic heterocycles. The molecule has 1 atom stereocenters. The average Bonchev–Trinajstić information content (AvgIpc) is 3.36. The Morgan fingerprint density at radius 3 is 2.43 bits per heavy atom.